The topological polar surface area (TPSA) is 96.5 Å². The number of nitrogens with zero attached hydrogens (tertiary/aromatic N) is 3. The maximum atomic E-state index is 13.8. The molecule has 0 unspecified atom stereocenters. The van der Waals surface area contributed by atoms with Crippen molar-refractivity contribution in [2.75, 3.05) is 14.2 Å². The summed E-state index contributed by atoms with van der Waals surface area (Å²) in [6.07, 6.45) is 2.69. The predicted octanol–water partition coefficient (Wildman–Crippen LogP) is 5.63. The summed E-state index contributed by atoms with van der Waals surface area (Å²) in [7, 11) is -0.558. The maximum absolute atomic E-state index is 13.8. The Morgan fingerprint density at radius 2 is 1.71 bits per heavy atom. The molecule has 2 aromatic carbocycles. The Balaban J connectivity index is 1.54. The molecule has 200 valence electrons. The molecule has 1 aliphatic carbocycles. The van der Waals surface area contributed by atoms with Crippen LogP contribution in [0, 0.1) is 12.7 Å². The first-order valence-electron chi connectivity index (χ1n) is 12.5. The molecule has 38 heavy (non-hydrogen) atoms. The lowest BCUT2D eigenvalue weighted by molar-refractivity contribution is 0.390. The smallest absolute Gasteiger partial charge is 0.204 e. The highest BCUT2D eigenvalue weighted by molar-refractivity contribution is 7.91. The number of furan rings is 1. The minimum atomic E-state index is -3.63. The van der Waals surface area contributed by atoms with Gasteiger partial charge in [-0.15, -0.1) is 10.2 Å². The van der Waals surface area contributed by atoms with Crippen molar-refractivity contribution in [3.63, 3.8) is 0 Å². The summed E-state index contributed by atoms with van der Waals surface area (Å²) in [6, 6.07) is 15.2. The summed E-state index contributed by atoms with van der Waals surface area (Å²) < 4.78 is 59.8. The van der Waals surface area contributed by atoms with Gasteiger partial charge < -0.3 is 13.9 Å². The molecule has 0 N–H and O–H groups in total. The number of sulfone groups is 1. The largest absolute Gasteiger partial charge is 0.494 e. The van der Waals surface area contributed by atoms with E-state index in [1.807, 2.05) is 13.0 Å². The number of hydrogen-bond acceptors (Lipinski definition) is 7. The van der Waals surface area contributed by atoms with E-state index in [0.29, 0.717) is 47.4 Å². The number of methoxy groups -OCH3 is 2. The van der Waals surface area contributed by atoms with Crippen molar-refractivity contribution in [3.8, 4) is 28.8 Å². The molecule has 8 nitrogen and oxygen atoms in total. The van der Waals surface area contributed by atoms with Crippen LogP contribution in [0.2, 0.25) is 0 Å². The van der Waals surface area contributed by atoms with E-state index in [4.69, 9.17) is 13.9 Å². The molecule has 0 bridgehead atoms. The van der Waals surface area contributed by atoms with Crippen molar-refractivity contribution in [1.82, 2.24) is 14.8 Å². The highest BCUT2D eigenvalue weighted by Crippen LogP contribution is 2.39. The number of hydrogen-bond donors (Lipinski definition) is 0. The molecule has 4 aromatic rings. The Morgan fingerprint density at radius 1 is 1.00 bits per heavy atom. The van der Waals surface area contributed by atoms with Gasteiger partial charge in [-0.25, -0.2) is 12.8 Å². The fourth-order valence-electron chi connectivity index (χ4n) is 5.22. The van der Waals surface area contributed by atoms with Crippen molar-refractivity contribution in [2.45, 2.75) is 49.5 Å². The summed E-state index contributed by atoms with van der Waals surface area (Å²) in [5.41, 5.74) is 1.45. The minimum Gasteiger partial charge on any atom is -0.494 e. The van der Waals surface area contributed by atoms with E-state index in [9.17, 15) is 12.8 Å². The van der Waals surface area contributed by atoms with Crippen LogP contribution < -0.4 is 9.47 Å². The molecule has 1 fully saturated rings. The Labute approximate surface area is 221 Å². The first kappa shape index (κ1) is 26.0. The van der Waals surface area contributed by atoms with Crippen LogP contribution in [0.4, 0.5) is 4.39 Å². The van der Waals surface area contributed by atoms with E-state index in [0.717, 1.165) is 18.4 Å². The lowest BCUT2D eigenvalue weighted by Gasteiger charge is -2.29. The lowest BCUT2D eigenvalue weighted by atomic mass is 9.84. The summed E-state index contributed by atoms with van der Waals surface area (Å²) in [6.45, 7) is 1.82. The second-order valence-electron chi connectivity index (χ2n) is 9.54. The van der Waals surface area contributed by atoms with Crippen LogP contribution in [-0.4, -0.2) is 42.7 Å². The van der Waals surface area contributed by atoms with Gasteiger partial charge in [0.15, 0.2) is 21.4 Å². The molecule has 0 saturated heterocycles. The summed E-state index contributed by atoms with van der Waals surface area (Å²) in [5, 5.41) is 8.10. The summed E-state index contributed by atoms with van der Waals surface area (Å²) in [5.74, 6) is 2.09. The number of para-hydroxylation sites is 1. The van der Waals surface area contributed by atoms with Gasteiger partial charge in [-0.05, 0) is 74.1 Å². The molecule has 0 aliphatic heterocycles. The standard InChI is InChI=1S/C28H30FN3O5S/c1-18-10-15-25(37-18)28-31-30-26(32(28)27-23(35-2)8-5-9-24(27)36-3)17-38(33,34)22-7-4-6-20(16-22)19-11-13-21(29)14-12-19/h5,8-15,20,22H,4,6-7,16-17H2,1-3H3/t20-,22-/m1/s1. The second-order valence-corrected chi connectivity index (χ2v) is 11.8. The van der Waals surface area contributed by atoms with Crippen molar-refractivity contribution in [2.24, 2.45) is 0 Å². The lowest BCUT2D eigenvalue weighted by Crippen LogP contribution is -2.29. The van der Waals surface area contributed by atoms with E-state index in [-0.39, 0.29) is 23.3 Å². The number of aromatic nitrogens is 3. The first-order valence-corrected chi connectivity index (χ1v) is 14.2. The van der Waals surface area contributed by atoms with Crippen LogP contribution in [0.3, 0.4) is 0 Å². The van der Waals surface area contributed by atoms with Gasteiger partial charge in [0, 0.05) is 0 Å². The molecule has 1 aliphatic rings. The Hall–Kier alpha value is -3.66. The third-order valence-corrected chi connectivity index (χ3v) is 9.23. The Morgan fingerprint density at radius 3 is 2.34 bits per heavy atom. The zero-order valence-corrected chi connectivity index (χ0v) is 22.4. The predicted molar refractivity (Wildman–Crippen MR) is 141 cm³/mol. The van der Waals surface area contributed by atoms with E-state index in [1.54, 1.807) is 41.0 Å². The van der Waals surface area contributed by atoms with Crippen molar-refractivity contribution < 1.29 is 26.7 Å². The molecule has 2 atom stereocenters. The van der Waals surface area contributed by atoms with Crippen LogP contribution in [0.5, 0.6) is 11.5 Å². The van der Waals surface area contributed by atoms with Gasteiger partial charge in [0.25, 0.3) is 0 Å². The summed E-state index contributed by atoms with van der Waals surface area (Å²) in [4.78, 5) is 0. The zero-order chi connectivity index (χ0) is 26.9. The SMILES string of the molecule is COc1cccc(OC)c1-n1c(CS(=O)(=O)[C@@H]2CCC[C@@H](c3ccc(F)cc3)C2)nnc1-c1ccc(C)o1. The van der Waals surface area contributed by atoms with E-state index >= 15 is 0 Å². The average molecular weight is 540 g/mol. The molecule has 2 heterocycles. The number of aryl methyl sites for hydroxylation is 1. The molecule has 0 spiro atoms. The van der Waals surface area contributed by atoms with Crippen molar-refractivity contribution in [3.05, 3.63) is 77.6 Å². The number of rotatable bonds is 8. The third kappa shape index (κ3) is 5.05. The highest BCUT2D eigenvalue weighted by Gasteiger charge is 2.35. The van der Waals surface area contributed by atoms with Crippen LogP contribution in [0.1, 0.15) is 48.7 Å². The van der Waals surface area contributed by atoms with E-state index in [1.165, 1.54) is 26.4 Å². The molecule has 10 heteroatoms. The highest BCUT2D eigenvalue weighted by atomic mass is 32.2. The van der Waals surface area contributed by atoms with Gasteiger partial charge in [0.05, 0.1) is 19.5 Å². The molecule has 1 saturated carbocycles. The number of ether oxygens (including phenoxy) is 2. The van der Waals surface area contributed by atoms with Gasteiger partial charge in [0.1, 0.15) is 34.5 Å². The molecule has 0 radical (unpaired) electrons. The quantitative estimate of drug-likeness (QED) is 0.286. The Kier molecular flexibility index (Phi) is 7.25. The molecular formula is C28H30FN3O5S. The average Bonchev–Trinajstić information content (AvgIpc) is 3.54. The second kappa shape index (κ2) is 10.6. The summed E-state index contributed by atoms with van der Waals surface area (Å²) >= 11 is 0. The molecule has 2 aromatic heterocycles. The number of halogens is 1. The van der Waals surface area contributed by atoms with E-state index in [2.05, 4.69) is 10.2 Å². The van der Waals surface area contributed by atoms with Gasteiger partial charge in [-0.2, -0.15) is 0 Å². The Bertz CT molecular complexity index is 1510. The van der Waals surface area contributed by atoms with Crippen LogP contribution in [0.25, 0.3) is 17.3 Å². The van der Waals surface area contributed by atoms with Gasteiger partial charge in [-0.3, -0.25) is 4.57 Å². The monoisotopic (exact) mass is 539 g/mol. The first-order chi connectivity index (χ1) is 18.3. The van der Waals surface area contributed by atoms with Crippen molar-refractivity contribution >= 4 is 9.84 Å². The molecular weight excluding hydrogens is 509 g/mol. The fourth-order valence-corrected chi connectivity index (χ4v) is 7.05. The normalized spacial score (nSPS) is 17.9. The van der Waals surface area contributed by atoms with Gasteiger partial charge in [0.2, 0.25) is 5.82 Å². The van der Waals surface area contributed by atoms with E-state index < -0.39 is 15.1 Å². The van der Waals surface area contributed by atoms with Gasteiger partial charge in [-0.1, -0.05) is 24.6 Å². The van der Waals surface area contributed by atoms with Crippen LogP contribution >= 0.6 is 0 Å². The van der Waals surface area contributed by atoms with Crippen LogP contribution in [-0.2, 0) is 15.6 Å². The minimum absolute atomic E-state index is 0.0537. The van der Waals surface area contributed by atoms with Crippen molar-refractivity contribution in [1.29, 1.82) is 0 Å². The number of benzene rings is 2. The maximum Gasteiger partial charge on any atom is 0.204 e. The zero-order valence-electron chi connectivity index (χ0n) is 21.6. The third-order valence-electron chi connectivity index (χ3n) is 7.12. The molecule has 0 amide bonds. The van der Waals surface area contributed by atoms with Crippen LogP contribution in [0.15, 0.2) is 59.0 Å². The fraction of sp³-hybridized carbons (Fsp3) is 0.357. The van der Waals surface area contributed by atoms with Gasteiger partial charge >= 0.3 is 0 Å². The molecule has 5 rings (SSSR count).